The summed E-state index contributed by atoms with van der Waals surface area (Å²) in [5.41, 5.74) is 0.797. The van der Waals surface area contributed by atoms with E-state index in [1.807, 2.05) is 6.07 Å². The predicted molar refractivity (Wildman–Crippen MR) is 72.6 cm³/mol. The van der Waals surface area contributed by atoms with Gasteiger partial charge in [0.25, 0.3) is 0 Å². The first kappa shape index (κ1) is 15.3. The van der Waals surface area contributed by atoms with Gasteiger partial charge in [-0.25, -0.2) is 0 Å². The molecule has 0 aliphatic carbocycles. The molecule has 0 spiro atoms. The molecule has 0 aliphatic rings. The van der Waals surface area contributed by atoms with Crippen LogP contribution in [0.1, 0.15) is 12.5 Å². The molecule has 0 fully saturated rings. The van der Waals surface area contributed by atoms with E-state index in [1.54, 1.807) is 40.3 Å². The SMILES string of the molecule is COc1ccc(CC(=O)N(C)C(C)CO)c(OC)c1. The summed E-state index contributed by atoms with van der Waals surface area (Å²) in [6.07, 6.45) is 0.230. The van der Waals surface area contributed by atoms with E-state index in [2.05, 4.69) is 0 Å². The van der Waals surface area contributed by atoms with Crippen LogP contribution in [0.5, 0.6) is 11.5 Å². The van der Waals surface area contributed by atoms with E-state index in [0.29, 0.717) is 11.5 Å². The first-order valence-corrected chi connectivity index (χ1v) is 6.10. The topological polar surface area (TPSA) is 59.0 Å². The molecule has 1 aromatic rings. The van der Waals surface area contributed by atoms with Gasteiger partial charge in [0.15, 0.2) is 0 Å². The number of hydrogen-bond acceptors (Lipinski definition) is 4. The van der Waals surface area contributed by atoms with Gasteiger partial charge in [0.05, 0.1) is 33.3 Å². The smallest absolute Gasteiger partial charge is 0.227 e. The molecule has 1 amide bonds. The highest BCUT2D eigenvalue weighted by atomic mass is 16.5. The number of amides is 1. The Kier molecular flexibility index (Phi) is 5.63. The predicted octanol–water partition coefficient (Wildman–Crippen LogP) is 1.09. The molecule has 19 heavy (non-hydrogen) atoms. The summed E-state index contributed by atoms with van der Waals surface area (Å²) < 4.78 is 10.4. The fourth-order valence-corrected chi connectivity index (χ4v) is 1.65. The molecule has 0 radical (unpaired) electrons. The number of likely N-dealkylation sites (N-methyl/N-ethyl adjacent to an activating group) is 1. The minimum atomic E-state index is -0.197. The molecule has 1 atom stereocenters. The lowest BCUT2D eigenvalue weighted by atomic mass is 10.1. The molecule has 0 aromatic heterocycles. The number of aliphatic hydroxyl groups is 1. The molecule has 5 heteroatoms. The molecular weight excluding hydrogens is 246 g/mol. The average molecular weight is 267 g/mol. The van der Waals surface area contributed by atoms with Crippen molar-refractivity contribution in [3.05, 3.63) is 23.8 Å². The third-order valence-electron chi connectivity index (χ3n) is 3.15. The van der Waals surface area contributed by atoms with Crippen LogP contribution in [-0.4, -0.2) is 49.8 Å². The van der Waals surface area contributed by atoms with Crippen LogP contribution in [0.3, 0.4) is 0 Å². The molecule has 1 aromatic carbocycles. The van der Waals surface area contributed by atoms with Crippen molar-refractivity contribution in [2.75, 3.05) is 27.9 Å². The third kappa shape index (κ3) is 3.86. The Hall–Kier alpha value is -1.75. The Morgan fingerprint density at radius 3 is 2.58 bits per heavy atom. The number of methoxy groups -OCH3 is 2. The Bertz CT molecular complexity index is 433. The number of aliphatic hydroxyl groups excluding tert-OH is 1. The van der Waals surface area contributed by atoms with E-state index in [-0.39, 0.29) is 25.0 Å². The van der Waals surface area contributed by atoms with Gasteiger partial charge in [0, 0.05) is 18.7 Å². The largest absolute Gasteiger partial charge is 0.497 e. The summed E-state index contributed by atoms with van der Waals surface area (Å²) in [7, 11) is 4.82. The molecule has 0 aliphatic heterocycles. The lowest BCUT2D eigenvalue weighted by Gasteiger charge is -2.23. The maximum absolute atomic E-state index is 12.1. The zero-order chi connectivity index (χ0) is 14.4. The molecule has 1 unspecified atom stereocenters. The van der Waals surface area contributed by atoms with Crippen molar-refractivity contribution in [3.8, 4) is 11.5 Å². The molecule has 5 nitrogen and oxygen atoms in total. The summed E-state index contributed by atoms with van der Waals surface area (Å²) >= 11 is 0. The van der Waals surface area contributed by atoms with Gasteiger partial charge in [-0.1, -0.05) is 6.07 Å². The van der Waals surface area contributed by atoms with Crippen LogP contribution in [0.4, 0.5) is 0 Å². The minimum absolute atomic E-state index is 0.0536. The summed E-state index contributed by atoms with van der Waals surface area (Å²) in [5, 5.41) is 9.05. The number of carbonyl (C=O) groups excluding carboxylic acids is 1. The second-order valence-corrected chi connectivity index (χ2v) is 4.39. The van der Waals surface area contributed by atoms with Crippen LogP contribution in [0.15, 0.2) is 18.2 Å². The monoisotopic (exact) mass is 267 g/mol. The van der Waals surface area contributed by atoms with Crippen molar-refractivity contribution in [2.24, 2.45) is 0 Å². The highest BCUT2D eigenvalue weighted by Gasteiger charge is 2.17. The number of hydrogen-bond donors (Lipinski definition) is 1. The number of rotatable bonds is 6. The molecule has 0 bridgehead atoms. The summed E-state index contributed by atoms with van der Waals surface area (Å²) in [4.78, 5) is 13.6. The molecule has 0 saturated carbocycles. The van der Waals surface area contributed by atoms with E-state index in [1.165, 1.54) is 4.90 Å². The Balaban J connectivity index is 2.84. The molecule has 0 heterocycles. The van der Waals surface area contributed by atoms with Crippen LogP contribution in [0.25, 0.3) is 0 Å². The van der Waals surface area contributed by atoms with E-state index in [0.717, 1.165) is 5.56 Å². The van der Waals surface area contributed by atoms with Crippen LogP contribution < -0.4 is 9.47 Å². The van der Waals surface area contributed by atoms with Gasteiger partial charge in [-0.3, -0.25) is 4.79 Å². The van der Waals surface area contributed by atoms with Gasteiger partial charge in [0.1, 0.15) is 11.5 Å². The van der Waals surface area contributed by atoms with Gasteiger partial charge in [-0.2, -0.15) is 0 Å². The van der Waals surface area contributed by atoms with Crippen LogP contribution in [0.2, 0.25) is 0 Å². The van der Waals surface area contributed by atoms with Crippen molar-refractivity contribution in [3.63, 3.8) is 0 Å². The van der Waals surface area contributed by atoms with E-state index < -0.39 is 0 Å². The molecule has 0 saturated heterocycles. The number of ether oxygens (including phenoxy) is 2. The average Bonchev–Trinajstić information content (AvgIpc) is 2.45. The van der Waals surface area contributed by atoms with Gasteiger partial charge < -0.3 is 19.5 Å². The fourth-order valence-electron chi connectivity index (χ4n) is 1.65. The van der Waals surface area contributed by atoms with Crippen molar-refractivity contribution in [1.82, 2.24) is 4.90 Å². The zero-order valence-electron chi connectivity index (χ0n) is 11.8. The fraction of sp³-hybridized carbons (Fsp3) is 0.500. The Labute approximate surface area is 113 Å². The maximum Gasteiger partial charge on any atom is 0.227 e. The first-order chi connectivity index (χ1) is 9.03. The van der Waals surface area contributed by atoms with Gasteiger partial charge in [0.2, 0.25) is 5.91 Å². The number of carbonyl (C=O) groups is 1. The lowest BCUT2D eigenvalue weighted by molar-refractivity contribution is -0.131. The van der Waals surface area contributed by atoms with Crippen molar-refractivity contribution >= 4 is 5.91 Å². The van der Waals surface area contributed by atoms with Crippen LogP contribution in [-0.2, 0) is 11.2 Å². The normalized spacial score (nSPS) is 11.8. The maximum atomic E-state index is 12.1. The standard InChI is InChI=1S/C14H21NO4/c1-10(9-16)15(2)14(17)7-11-5-6-12(18-3)8-13(11)19-4/h5-6,8,10,16H,7,9H2,1-4H3. The Morgan fingerprint density at radius 2 is 2.05 bits per heavy atom. The van der Waals surface area contributed by atoms with Crippen molar-refractivity contribution in [2.45, 2.75) is 19.4 Å². The van der Waals surface area contributed by atoms with E-state index in [4.69, 9.17) is 14.6 Å². The Morgan fingerprint density at radius 1 is 1.37 bits per heavy atom. The second kappa shape index (κ2) is 6.99. The van der Waals surface area contributed by atoms with Gasteiger partial charge in [-0.05, 0) is 13.0 Å². The molecule has 106 valence electrons. The highest BCUT2D eigenvalue weighted by molar-refractivity contribution is 5.79. The number of benzene rings is 1. The first-order valence-electron chi connectivity index (χ1n) is 6.10. The molecule has 1 N–H and O–H groups in total. The number of nitrogens with zero attached hydrogens (tertiary/aromatic N) is 1. The quantitative estimate of drug-likeness (QED) is 0.838. The second-order valence-electron chi connectivity index (χ2n) is 4.39. The van der Waals surface area contributed by atoms with Crippen molar-refractivity contribution < 1.29 is 19.4 Å². The van der Waals surface area contributed by atoms with Gasteiger partial charge in [-0.15, -0.1) is 0 Å². The van der Waals surface area contributed by atoms with E-state index in [9.17, 15) is 4.79 Å². The van der Waals surface area contributed by atoms with Crippen molar-refractivity contribution in [1.29, 1.82) is 0 Å². The molecular formula is C14H21NO4. The zero-order valence-corrected chi connectivity index (χ0v) is 11.8. The van der Waals surface area contributed by atoms with Gasteiger partial charge >= 0.3 is 0 Å². The lowest BCUT2D eigenvalue weighted by Crippen LogP contribution is -2.38. The highest BCUT2D eigenvalue weighted by Crippen LogP contribution is 2.25. The molecule has 1 rings (SSSR count). The minimum Gasteiger partial charge on any atom is -0.497 e. The van der Waals surface area contributed by atoms with Crippen LogP contribution in [0, 0.1) is 0 Å². The third-order valence-corrected chi connectivity index (χ3v) is 3.15. The van der Waals surface area contributed by atoms with Crippen LogP contribution >= 0.6 is 0 Å². The summed E-state index contributed by atoms with van der Waals surface area (Å²) in [6.45, 7) is 1.74. The van der Waals surface area contributed by atoms with E-state index >= 15 is 0 Å². The summed E-state index contributed by atoms with van der Waals surface area (Å²) in [6, 6.07) is 5.16. The summed E-state index contributed by atoms with van der Waals surface area (Å²) in [5.74, 6) is 1.24.